The molecule has 0 aliphatic carbocycles. The number of thiophene rings is 1. The maximum atomic E-state index is 12.2. The van der Waals surface area contributed by atoms with E-state index in [1.54, 1.807) is 23.6 Å². The highest BCUT2D eigenvalue weighted by atomic mass is 32.1. The third kappa shape index (κ3) is 4.60. The number of hydrogen-bond acceptors (Lipinski definition) is 5. The molecule has 0 radical (unpaired) electrons. The van der Waals surface area contributed by atoms with Crippen molar-refractivity contribution in [1.29, 1.82) is 0 Å². The second-order valence-electron chi connectivity index (χ2n) is 5.47. The van der Waals surface area contributed by atoms with Crippen LogP contribution in [0.2, 0.25) is 0 Å². The number of carbonyl (C=O) groups is 1. The largest absolute Gasteiger partial charge is 0.379 e. The van der Waals surface area contributed by atoms with Crippen LogP contribution in [0.4, 0.5) is 0 Å². The Morgan fingerprint density at radius 2 is 2.22 bits per heavy atom. The van der Waals surface area contributed by atoms with Crippen LogP contribution in [0.1, 0.15) is 16.8 Å². The van der Waals surface area contributed by atoms with Gasteiger partial charge < -0.3 is 10.1 Å². The molecule has 0 saturated carbocycles. The molecule has 0 bridgehead atoms. The van der Waals surface area contributed by atoms with Gasteiger partial charge in [-0.3, -0.25) is 14.7 Å². The number of nitrogens with zero attached hydrogens (tertiary/aromatic N) is 2. The highest BCUT2D eigenvalue weighted by Gasteiger charge is 2.11. The van der Waals surface area contributed by atoms with Gasteiger partial charge in [0.15, 0.2) is 0 Å². The molecule has 0 unspecified atom stereocenters. The molecule has 0 atom stereocenters. The number of aromatic nitrogens is 1. The fourth-order valence-corrected chi connectivity index (χ4v) is 3.26. The van der Waals surface area contributed by atoms with Crippen LogP contribution in [-0.2, 0) is 4.74 Å². The average molecular weight is 331 g/mol. The predicted octanol–water partition coefficient (Wildman–Crippen LogP) is 2.26. The van der Waals surface area contributed by atoms with Gasteiger partial charge in [-0.15, -0.1) is 11.3 Å². The quantitative estimate of drug-likeness (QED) is 0.825. The lowest BCUT2D eigenvalue weighted by Gasteiger charge is -2.26. The Kier molecular flexibility index (Phi) is 5.74. The molecular weight excluding hydrogens is 310 g/mol. The van der Waals surface area contributed by atoms with E-state index in [4.69, 9.17) is 4.74 Å². The zero-order valence-electron chi connectivity index (χ0n) is 13.0. The lowest BCUT2D eigenvalue weighted by atomic mass is 10.2. The molecule has 122 valence electrons. The van der Waals surface area contributed by atoms with E-state index in [1.807, 2.05) is 23.6 Å². The Morgan fingerprint density at radius 1 is 1.35 bits per heavy atom. The first kappa shape index (κ1) is 16.1. The summed E-state index contributed by atoms with van der Waals surface area (Å²) in [4.78, 5) is 20.0. The van der Waals surface area contributed by atoms with Crippen LogP contribution < -0.4 is 5.32 Å². The van der Waals surface area contributed by atoms with Crippen LogP contribution in [0.3, 0.4) is 0 Å². The summed E-state index contributed by atoms with van der Waals surface area (Å²) in [6.07, 6.45) is 2.65. The van der Waals surface area contributed by atoms with E-state index in [1.165, 1.54) is 0 Å². The molecule has 3 heterocycles. The number of carbonyl (C=O) groups excluding carboxylic acids is 1. The number of morpholine rings is 1. The Balaban J connectivity index is 1.47. The van der Waals surface area contributed by atoms with E-state index in [0.29, 0.717) is 12.1 Å². The Labute approximate surface area is 140 Å². The van der Waals surface area contributed by atoms with Gasteiger partial charge >= 0.3 is 0 Å². The summed E-state index contributed by atoms with van der Waals surface area (Å²) in [6.45, 7) is 5.29. The van der Waals surface area contributed by atoms with Crippen molar-refractivity contribution >= 4 is 17.2 Å². The number of hydrogen-bond donors (Lipinski definition) is 1. The van der Waals surface area contributed by atoms with Crippen LogP contribution in [0.5, 0.6) is 0 Å². The highest BCUT2D eigenvalue weighted by molar-refractivity contribution is 7.13. The lowest BCUT2D eigenvalue weighted by molar-refractivity contribution is 0.0374. The second kappa shape index (κ2) is 8.19. The molecule has 23 heavy (non-hydrogen) atoms. The van der Waals surface area contributed by atoms with Crippen LogP contribution in [0.25, 0.3) is 10.6 Å². The van der Waals surface area contributed by atoms with E-state index in [9.17, 15) is 4.79 Å². The summed E-state index contributed by atoms with van der Waals surface area (Å²) >= 11 is 1.62. The minimum atomic E-state index is -0.0350. The fraction of sp³-hybridized carbons (Fsp3) is 0.412. The van der Waals surface area contributed by atoms with Gasteiger partial charge in [-0.1, -0.05) is 6.07 Å². The number of pyridine rings is 1. The van der Waals surface area contributed by atoms with Gasteiger partial charge in [0.1, 0.15) is 0 Å². The van der Waals surface area contributed by atoms with Gasteiger partial charge in [0, 0.05) is 31.4 Å². The molecule has 1 N–H and O–H groups in total. The number of ether oxygens (including phenoxy) is 1. The minimum Gasteiger partial charge on any atom is -0.379 e. The smallest absolute Gasteiger partial charge is 0.251 e. The molecular formula is C17H21N3O2S. The average Bonchev–Trinajstić information content (AvgIpc) is 3.14. The normalized spacial score (nSPS) is 15.5. The predicted molar refractivity (Wildman–Crippen MR) is 91.8 cm³/mol. The molecule has 1 aliphatic rings. The Morgan fingerprint density at radius 3 is 3.00 bits per heavy atom. The second-order valence-corrected chi connectivity index (χ2v) is 6.42. The van der Waals surface area contributed by atoms with Crippen molar-refractivity contribution < 1.29 is 9.53 Å². The van der Waals surface area contributed by atoms with Crippen LogP contribution >= 0.6 is 11.3 Å². The van der Waals surface area contributed by atoms with Crippen LogP contribution in [0, 0.1) is 0 Å². The van der Waals surface area contributed by atoms with Crippen molar-refractivity contribution in [1.82, 2.24) is 15.2 Å². The van der Waals surface area contributed by atoms with Gasteiger partial charge in [0.25, 0.3) is 5.91 Å². The van der Waals surface area contributed by atoms with E-state index in [2.05, 4.69) is 15.2 Å². The molecule has 2 aromatic heterocycles. The van der Waals surface area contributed by atoms with E-state index >= 15 is 0 Å². The van der Waals surface area contributed by atoms with E-state index in [0.717, 1.165) is 49.8 Å². The summed E-state index contributed by atoms with van der Waals surface area (Å²) in [5, 5.41) is 5.00. The standard InChI is InChI=1S/C17H21N3O2S/c21-17(19-5-2-7-20-8-10-22-11-9-20)14-4-6-18-15(13-14)16-3-1-12-23-16/h1,3-4,6,12-13H,2,5,7-11H2,(H,19,21). The van der Waals surface area contributed by atoms with E-state index < -0.39 is 0 Å². The first-order valence-electron chi connectivity index (χ1n) is 7.91. The van der Waals surface area contributed by atoms with Gasteiger partial charge in [0.05, 0.1) is 23.8 Å². The maximum Gasteiger partial charge on any atom is 0.251 e. The Hall–Kier alpha value is -1.76. The topological polar surface area (TPSA) is 54.5 Å². The molecule has 3 rings (SSSR count). The third-order valence-corrected chi connectivity index (χ3v) is 4.73. The fourth-order valence-electron chi connectivity index (χ4n) is 2.56. The van der Waals surface area contributed by atoms with Crippen molar-refractivity contribution in [3.63, 3.8) is 0 Å². The SMILES string of the molecule is O=C(NCCCN1CCOCC1)c1ccnc(-c2cccs2)c1. The van der Waals surface area contributed by atoms with Crippen molar-refractivity contribution in [2.45, 2.75) is 6.42 Å². The summed E-state index contributed by atoms with van der Waals surface area (Å²) in [6, 6.07) is 7.61. The van der Waals surface area contributed by atoms with Gasteiger partial charge in [-0.05, 0) is 36.5 Å². The molecule has 0 spiro atoms. The van der Waals surface area contributed by atoms with Gasteiger partial charge in [-0.25, -0.2) is 0 Å². The number of amides is 1. The Bertz CT molecular complexity index is 625. The third-order valence-electron chi connectivity index (χ3n) is 3.84. The monoisotopic (exact) mass is 331 g/mol. The first-order valence-corrected chi connectivity index (χ1v) is 8.79. The van der Waals surface area contributed by atoms with Crippen LogP contribution in [0.15, 0.2) is 35.8 Å². The summed E-state index contributed by atoms with van der Waals surface area (Å²) in [5.74, 6) is -0.0350. The first-order chi connectivity index (χ1) is 11.3. The van der Waals surface area contributed by atoms with Crippen molar-refractivity contribution in [2.24, 2.45) is 0 Å². The minimum absolute atomic E-state index is 0.0350. The van der Waals surface area contributed by atoms with Crippen molar-refractivity contribution in [3.8, 4) is 10.6 Å². The molecule has 0 aromatic carbocycles. The summed E-state index contributed by atoms with van der Waals surface area (Å²) in [7, 11) is 0. The zero-order chi connectivity index (χ0) is 15.9. The van der Waals surface area contributed by atoms with Crippen molar-refractivity contribution in [2.75, 3.05) is 39.4 Å². The molecule has 1 fully saturated rings. The van der Waals surface area contributed by atoms with Gasteiger partial charge in [-0.2, -0.15) is 0 Å². The van der Waals surface area contributed by atoms with Gasteiger partial charge in [0.2, 0.25) is 0 Å². The molecule has 2 aromatic rings. The van der Waals surface area contributed by atoms with E-state index in [-0.39, 0.29) is 5.91 Å². The number of rotatable bonds is 6. The molecule has 6 heteroatoms. The lowest BCUT2D eigenvalue weighted by Crippen LogP contribution is -2.38. The highest BCUT2D eigenvalue weighted by Crippen LogP contribution is 2.22. The molecule has 5 nitrogen and oxygen atoms in total. The maximum absolute atomic E-state index is 12.2. The van der Waals surface area contributed by atoms with Crippen molar-refractivity contribution in [3.05, 3.63) is 41.4 Å². The number of nitrogens with one attached hydrogen (secondary N) is 1. The molecule has 1 amide bonds. The summed E-state index contributed by atoms with van der Waals surface area (Å²) in [5.41, 5.74) is 1.51. The molecule has 1 aliphatic heterocycles. The van der Waals surface area contributed by atoms with Crippen LogP contribution in [-0.4, -0.2) is 55.2 Å². The summed E-state index contributed by atoms with van der Waals surface area (Å²) < 4.78 is 5.33. The zero-order valence-corrected chi connectivity index (χ0v) is 13.8. The molecule has 1 saturated heterocycles.